The summed E-state index contributed by atoms with van der Waals surface area (Å²) in [6.45, 7) is 1.74. The maximum atomic E-state index is 8.88. The molecule has 3 atom stereocenters. The fraction of sp³-hybridized carbons (Fsp3) is 1.00. The third-order valence-corrected chi connectivity index (χ3v) is 1.36. The second-order valence-corrected chi connectivity index (χ2v) is 2.10. The molecular formula is C5H10O3. The van der Waals surface area contributed by atoms with Gasteiger partial charge in [0, 0.05) is 6.42 Å². The summed E-state index contributed by atoms with van der Waals surface area (Å²) in [5.74, 6) is 0. The number of aliphatic hydroxyl groups excluding tert-OH is 2. The van der Waals surface area contributed by atoms with Crippen LogP contribution in [0.4, 0.5) is 0 Å². The number of hydrogen-bond acceptors (Lipinski definition) is 3. The summed E-state index contributed by atoms with van der Waals surface area (Å²) in [7, 11) is 0. The van der Waals surface area contributed by atoms with Crippen LogP contribution >= 0.6 is 0 Å². The highest BCUT2D eigenvalue weighted by atomic mass is 16.6. The lowest BCUT2D eigenvalue weighted by atomic mass is 10.2. The van der Waals surface area contributed by atoms with Crippen LogP contribution in [-0.4, -0.2) is 28.7 Å². The van der Waals surface area contributed by atoms with E-state index in [1.54, 1.807) is 6.92 Å². The van der Waals surface area contributed by atoms with E-state index < -0.39 is 12.4 Å². The summed E-state index contributed by atoms with van der Waals surface area (Å²) >= 11 is 0. The van der Waals surface area contributed by atoms with E-state index in [1.165, 1.54) is 0 Å². The lowest BCUT2D eigenvalue weighted by Gasteiger charge is -2.03. The van der Waals surface area contributed by atoms with Gasteiger partial charge in [0.2, 0.25) is 0 Å². The molecule has 0 aromatic carbocycles. The van der Waals surface area contributed by atoms with Crippen molar-refractivity contribution < 1.29 is 14.9 Å². The van der Waals surface area contributed by atoms with E-state index in [2.05, 4.69) is 0 Å². The van der Waals surface area contributed by atoms with Gasteiger partial charge >= 0.3 is 0 Å². The summed E-state index contributed by atoms with van der Waals surface area (Å²) < 4.78 is 4.78. The molecule has 1 aliphatic heterocycles. The van der Waals surface area contributed by atoms with Crippen LogP contribution in [0.2, 0.25) is 0 Å². The molecule has 3 heteroatoms. The Labute approximate surface area is 47.9 Å². The Morgan fingerprint density at radius 3 is 2.25 bits per heavy atom. The number of rotatable bonds is 0. The minimum atomic E-state index is -0.750. The fourth-order valence-corrected chi connectivity index (χ4v) is 0.792. The van der Waals surface area contributed by atoms with E-state index >= 15 is 0 Å². The highest BCUT2D eigenvalue weighted by molar-refractivity contribution is 4.72. The SMILES string of the molecule is CC1OC(O)C[C@@H]1O. The zero-order valence-electron chi connectivity index (χ0n) is 4.74. The highest BCUT2D eigenvalue weighted by Gasteiger charge is 2.28. The third kappa shape index (κ3) is 0.992. The van der Waals surface area contributed by atoms with Crippen LogP contribution in [0.5, 0.6) is 0 Å². The Hall–Kier alpha value is -0.120. The fourth-order valence-electron chi connectivity index (χ4n) is 0.792. The Kier molecular flexibility index (Phi) is 1.51. The second-order valence-electron chi connectivity index (χ2n) is 2.10. The van der Waals surface area contributed by atoms with Crippen LogP contribution in [0, 0.1) is 0 Å². The molecule has 0 aromatic rings. The first-order chi connectivity index (χ1) is 3.70. The van der Waals surface area contributed by atoms with E-state index in [0.29, 0.717) is 6.42 Å². The van der Waals surface area contributed by atoms with Crippen LogP contribution in [0.3, 0.4) is 0 Å². The Bertz CT molecular complexity index is 73.7. The van der Waals surface area contributed by atoms with Crippen LogP contribution in [-0.2, 0) is 4.74 Å². The average molecular weight is 118 g/mol. The number of ether oxygens (including phenoxy) is 1. The molecular weight excluding hydrogens is 108 g/mol. The molecule has 1 rings (SSSR count). The van der Waals surface area contributed by atoms with Crippen molar-refractivity contribution >= 4 is 0 Å². The second kappa shape index (κ2) is 2.01. The van der Waals surface area contributed by atoms with E-state index in [1.807, 2.05) is 0 Å². The summed E-state index contributed by atoms with van der Waals surface area (Å²) in [6.07, 6.45) is -1.09. The molecule has 1 aliphatic rings. The standard InChI is InChI=1S/C5H10O3/c1-3-4(6)2-5(7)8-3/h3-7H,2H2,1H3/t3?,4-,5?/m0/s1. The van der Waals surface area contributed by atoms with E-state index in [9.17, 15) is 0 Å². The lowest BCUT2D eigenvalue weighted by molar-refractivity contribution is -0.0889. The van der Waals surface area contributed by atoms with Crippen molar-refractivity contribution in [3.05, 3.63) is 0 Å². The summed E-state index contributed by atoms with van der Waals surface area (Å²) in [5, 5.41) is 17.6. The molecule has 8 heavy (non-hydrogen) atoms. The lowest BCUT2D eigenvalue weighted by Crippen LogP contribution is -2.15. The van der Waals surface area contributed by atoms with E-state index in [-0.39, 0.29) is 6.10 Å². The van der Waals surface area contributed by atoms with Gasteiger partial charge in [0.25, 0.3) is 0 Å². The van der Waals surface area contributed by atoms with Crippen LogP contribution in [0.15, 0.2) is 0 Å². The zero-order valence-corrected chi connectivity index (χ0v) is 4.74. The molecule has 1 fully saturated rings. The van der Waals surface area contributed by atoms with Crippen molar-refractivity contribution in [2.75, 3.05) is 0 Å². The smallest absolute Gasteiger partial charge is 0.157 e. The normalized spacial score (nSPS) is 47.6. The summed E-state index contributed by atoms with van der Waals surface area (Å²) in [5.41, 5.74) is 0. The van der Waals surface area contributed by atoms with Crippen molar-refractivity contribution in [1.29, 1.82) is 0 Å². The first-order valence-corrected chi connectivity index (χ1v) is 2.71. The van der Waals surface area contributed by atoms with Gasteiger partial charge in [0.1, 0.15) is 0 Å². The third-order valence-electron chi connectivity index (χ3n) is 1.36. The van der Waals surface area contributed by atoms with E-state index in [4.69, 9.17) is 14.9 Å². The topological polar surface area (TPSA) is 49.7 Å². The molecule has 1 saturated heterocycles. The Morgan fingerprint density at radius 1 is 1.50 bits per heavy atom. The van der Waals surface area contributed by atoms with Gasteiger partial charge in [0.15, 0.2) is 6.29 Å². The van der Waals surface area contributed by atoms with Crippen LogP contribution in [0.1, 0.15) is 13.3 Å². The first kappa shape index (κ1) is 6.01. The quantitative estimate of drug-likeness (QED) is 0.449. The van der Waals surface area contributed by atoms with Gasteiger partial charge in [-0.3, -0.25) is 0 Å². The van der Waals surface area contributed by atoms with E-state index in [0.717, 1.165) is 0 Å². The molecule has 0 aliphatic carbocycles. The van der Waals surface area contributed by atoms with Gasteiger partial charge in [0.05, 0.1) is 12.2 Å². The van der Waals surface area contributed by atoms with Crippen molar-refractivity contribution in [3.63, 3.8) is 0 Å². The predicted molar refractivity (Wildman–Crippen MR) is 27.2 cm³/mol. The Balaban J connectivity index is 2.39. The van der Waals surface area contributed by atoms with Crippen molar-refractivity contribution in [1.82, 2.24) is 0 Å². The van der Waals surface area contributed by atoms with Crippen molar-refractivity contribution in [2.45, 2.75) is 31.8 Å². The molecule has 0 spiro atoms. The van der Waals surface area contributed by atoms with Crippen LogP contribution in [0.25, 0.3) is 0 Å². The Morgan fingerprint density at radius 2 is 2.12 bits per heavy atom. The van der Waals surface area contributed by atoms with Crippen molar-refractivity contribution in [3.8, 4) is 0 Å². The molecule has 2 unspecified atom stereocenters. The van der Waals surface area contributed by atoms with Gasteiger partial charge in [-0.25, -0.2) is 0 Å². The minimum absolute atomic E-state index is 0.204. The molecule has 0 saturated carbocycles. The highest BCUT2D eigenvalue weighted by Crippen LogP contribution is 2.16. The predicted octanol–water partition coefficient (Wildman–Crippen LogP) is -0.526. The first-order valence-electron chi connectivity index (χ1n) is 2.71. The number of hydrogen-bond donors (Lipinski definition) is 2. The molecule has 48 valence electrons. The largest absolute Gasteiger partial charge is 0.390 e. The van der Waals surface area contributed by atoms with Gasteiger partial charge < -0.3 is 14.9 Å². The molecule has 0 bridgehead atoms. The minimum Gasteiger partial charge on any atom is -0.390 e. The number of aliphatic hydroxyl groups is 2. The monoisotopic (exact) mass is 118 g/mol. The summed E-state index contributed by atoms with van der Waals surface area (Å²) in [4.78, 5) is 0. The maximum Gasteiger partial charge on any atom is 0.157 e. The van der Waals surface area contributed by atoms with Gasteiger partial charge in [-0.05, 0) is 6.92 Å². The zero-order chi connectivity index (χ0) is 6.15. The molecule has 1 heterocycles. The van der Waals surface area contributed by atoms with Crippen molar-refractivity contribution in [2.24, 2.45) is 0 Å². The molecule has 0 aromatic heterocycles. The van der Waals surface area contributed by atoms with Gasteiger partial charge in [-0.2, -0.15) is 0 Å². The summed E-state index contributed by atoms with van der Waals surface area (Å²) in [6, 6.07) is 0. The maximum absolute atomic E-state index is 8.88. The molecule has 3 nitrogen and oxygen atoms in total. The average Bonchev–Trinajstić information content (AvgIpc) is 1.85. The molecule has 2 N–H and O–H groups in total. The van der Waals surface area contributed by atoms with Gasteiger partial charge in [-0.1, -0.05) is 0 Å². The molecule has 0 amide bonds. The van der Waals surface area contributed by atoms with Gasteiger partial charge in [-0.15, -0.1) is 0 Å². The molecule has 0 radical (unpaired) electrons. The van der Waals surface area contributed by atoms with Crippen LogP contribution < -0.4 is 0 Å².